The van der Waals surface area contributed by atoms with Crippen molar-refractivity contribution in [2.24, 2.45) is 0 Å². The summed E-state index contributed by atoms with van der Waals surface area (Å²) in [6, 6.07) is 5.69. The van der Waals surface area contributed by atoms with Gasteiger partial charge >= 0.3 is 0 Å². The monoisotopic (exact) mass is 215 g/mol. The van der Waals surface area contributed by atoms with Crippen LogP contribution in [0.2, 0.25) is 0 Å². The molecule has 2 heterocycles. The molecule has 0 bridgehead atoms. The molecule has 0 amide bonds. The summed E-state index contributed by atoms with van der Waals surface area (Å²) < 4.78 is 10.4. The Morgan fingerprint density at radius 1 is 1.38 bits per heavy atom. The first-order valence-corrected chi connectivity index (χ1v) is 4.80. The third-order valence-electron chi connectivity index (χ3n) is 2.40. The number of nitrogens with one attached hydrogen (secondary N) is 1. The summed E-state index contributed by atoms with van der Waals surface area (Å²) in [7, 11) is 1.63. The van der Waals surface area contributed by atoms with Gasteiger partial charge < -0.3 is 9.15 Å². The van der Waals surface area contributed by atoms with E-state index in [9.17, 15) is 0 Å². The molecule has 0 aliphatic carbocycles. The number of hydrogen-bond acceptors (Lipinski definition) is 4. The van der Waals surface area contributed by atoms with Crippen molar-refractivity contribution in [3.05, 3.63) is 30.7 Å². The topological polar surface area (TPSA) is 63.9 Å². The molecule has 0 aliphatic rings. The highest BCUT2D eigenvalue weighted by atomic mass is 16.5. The third-order valence-corrected chi connectivity index (χ3v) is 2.40. The zero-order chi connectivity index (χ0) is 11.0. The molecule has 1 aromatic carbocycles. The fraction of sp³-hybridized carbons (Fsp3) is 0.0909. The smallest absolute Gasteiger partial charge is 0.247 e. The van der Waals surface area contributed by atoms with Crippen LogP contribution < -0.4 is 4.74 Å². The molecule has 0 saturated heterocycles. The number of fused-ring (bicyclic) bond motifs is 1. The van der Waals surface area contributed by atoms with Crippen molar-refractivity contribution < 1.29 is 9.15 Å². The summed E-state index contributed by atoms with van der Waals surface area (Å²) in [4.78, 5) is 4.07. The van der Waals surface area contributed by atoms with Crippen LogP contribution in [0.4, 0.5) is 0 Å². The molecular formula is C11H9N3O2. The molecule has 3 aromatic rings. The van der Waals surface area contributed by atoms with Gasteiger partial charge in [-0.1, -0.05) is 0 Å². The number of methoxy groups -OCH3 is 1. The number of nitrogens with zero attached hydrogens (tertiary/aromatic N) is 2. The van der Waals surface area contributed by atoms with Gasteiger partial charge in [-0.3, -0.25) is 5.10 Å². The predicted molar refractivity (Wildman–Crippen MR) is 58.1 cm³/mol. The first kappa shape index (κ1) is 8.96. The molecule has 0 spiro atoms. The maximum atomic E-state index is 5.23. The van der Waals surface area contributed by atoms with E-state index < -0.39 is 0 Å². The highest BCUT2D eigenvalue weighted by Crippen LogP contribution is 2.27. The maximum Gasteiger partial charge on any atom is 0.247 e. The zero-order valence-electron chi connectivity index (χ0n) is 8.60. The lowest BCUT2D eigenvalue weighted by molar-refractivity contribution is 0.415. The van der Waals surface area contributed by atoms with E-state index in [0.717, 1.165) is 16.7 Å². The van der Waals surface area contributed by atoms with Gasteiger partial charge in [0, 0.05) is 5.39 Å². The highest BCUT2D eigenvalue weighted by molar-refractivity contribution is 5.91. The minimum absolute atomic E-state index is 0.500. The second-order valence-corrected chi connectivity index (χ2v) is 3.32. The average Bonchev–Trinajstić information content (AvgIpc) is 2.96. The molecule has 0 saturated carbocycles. The molecule has 1 N–H and O–H groups in total. The van der Waals surface area contributed by atoms with E-state index in [1.807, 2.05) is 18.2 Å². The van der Waals surface area contributed by atoms with Crippen LogP contribution in [0.25, 0.3) is 22.5 Å². The fourth-order valence-corrected chi connectivity index (χ4v) is 1.62. The van der Waals surface area contributed by atoms with Crippen LogP contribution in [0.5, 0.6) is 5.75 Å². The SMILES string of the molecule is COc1ccc2[nH]nc(-c3ncco3)c2c1. The van der Waals surface area contributed by atoms with Gasteiger partial charge in [0.2, 0.25) is 5.89 Å². The molecule has 3 rings (SSSR count). The van der Waals surface area contributed by atoms with E-state index in [1.165, 1.54) is 6.26 Å². The van der Waals surface area contributed by atoms with Crippen molar-refractivity contribution in [1.82, 2.24) is 15.2 Å². The second-order valence-electron chi connectivity index (χ2n) is 3.32. The average molecular weight is 215 g/mol. The number of H-pyrrole nitrogens is 1. The van der Waals surface area contributed by atoms with E-state index in [2.05, 4.69) is 15.2 Å². The van der Waals surface area contributed by atoms with Crippen molar-refractivity contribution in [3.63, 3.8) is 0 Å². The van der Waals surface area contributed by atoms with E-state index in [1.54, 1.807) is 13.3 Å². The quantitative estimate of drug-likeness (QED) is 0.711. The molecule has 2 aromatic heterocycles. The first-order valence-electron chi connectivity index (χ1n) is 4.80. The van der Waals surface area contributed by atoms with Gasteiger partial charge in [0.15, 0.2) is 5.69 Å². The molecule has 0 unspecified atom stereocenters. The minimum atomic E-state index is 0.500. The molecule has 5 heteroatoms. The summed E-state index contributed by atoms with van der Waals surface area (Å²) >= 11 is 0. The van der Waals surface area contributed by atoms with E-state index in [-0.39, 0.29) is 0 Å². The molecule has 0 fully saturated rings. The molecule has 0 radical (unpaired) electrons. The zero-order valence-corrected chi connectivity index (χ0v) is 8.60. The first-order chi connectivity index (χ1) is 7.88. The number of ether oxygens (including phenoxy) is 1. The predicted octanol–water partition coefficient (Wildman–Crippen LogP) is 2.23. The third kappa shape index (κ3) is 1.25. The van der Waals surface area contributed by atoms with Crippen LogP contribution in [-0.2, 0) is 0 Å². The number of aromatic nitrogens is 3. The summed E-state index contributed by atoms with van der Waals surface area (Å²) in [6.45, 7) is 0. The lowest BCUT2D eigenvalue weighted by Crippen LogP contribution is -1.82. The van der Waals surface area contributed by atoms with Gasteiger partial charge in [-0.05, 0) is 18.2 Å². The lowest BCUT2D eigenvalue weighted by atomic mass is 10.2. The standard InChI is InChI=1S/C11H9N3O2/c1-15-7-2-3-9-8(6-7)10(14-13-9)11-12-4-5-16-11/h2-6H,1H3,(H,13,14). The van der Waals surface area contributed by atoms with Gasteiger partial charge in [-0.25, -0.2) is 4.98 Å². The van der Waals surface area contributed by atoms with Gasteiger partial charge in [0.1, 0.15) is 12.0 Å². The number of rotatable bonds is 2. The Labute approximate surface area is 91.1 Å². The lowest BCUT2D eigenvalue weighted by Gasteiger charge is -1.98. The Balaban J connectivity index is 2.25. The number of aromatic amines is 1. The summed E-state index contributed by atoms with van der Waals surface area (Å²) in [5, 5.41) is 8.03. The van der Waals surface area contributed by atoms with Crippen LogP contribution in [0.15, 0.2) is 35.1 Å². The molecule has 80 valence electrons. The van der Waals surface area contributed by atoms with Crippen molar-refractivity contribution in [2.75, 3.05) is 7.11 Å². The Kier molecular flexibility index (Phi) is 1.89. The van der Waals surface area contributed by atoms with Crippen LogP contribution in [0, 0.1) is 0 Å². The van der Waals surface area contributed by atoms with Crippen LogP contribution >= 0.6 is 0 Å². The summed E-state index contributed by atoms with van der Waals surface area (Å²) in [5.74, 6) is 1.28. The highest BCUT2D eigenvalue weighted by Gasteiger charge is 2.12. The van der Waals surface area contributed by atoms with E-state index >= 15 is 0 Å². The Morgan fingerprint density at radius 2 is 2.31 bits per heavy atom. The number of hydrogen-bond donors (Lipinski definition) is 1. The van der Waals surface area contributed by atoms with Crippen molar-refractivity contribution in [2.45, 2.75) is 0 Å². The van der Waals surface area contributed by atoms with Gasteiger partial charge in [0.05, 0.1) is 18.8 Å². The van der Waals surface area contributed by atoms with Gasteiger partial charge in [-0.2, -0.15) is 5.10 Å². The van der Waals surface area contributed by atoms with Crippen molar-refractivity contribution in [1.29, 1.82) is 0 Å². The Hall–Kier alpha value is -2.30. The molecule has 5 nitrogen and oxygen atoms in total. The summed E-state index contributed by atoms with van der Waals surface area (Å²) in [6.07, 6.45) is 3.12. The largest absolute Gasteiger partial charge is 0.497 e. The van der Waals surface area contributed by atoms with Crippen LogP contribution in [0.1, 0.15) is 0 Å². The summed E-state index contributed by atoms with van der Waals surface area (Å²) in [5.41, 5.74) is 1.62. The second kappa shape index (κ2) is 3.37. The molecular weight excluding hydrogens is 206 g/mol. The van der Waals surface area contributed by atoms with Gasteiger partial charge in [0.25, 0.3) is 0 Å². The number of oxazole rings is 1. The fourth-order valence-electron chi connectivity index (χ4n) is 1.62. The van der Waals surface area contributed by atoms with Crippen molar-refractivity contribution in [3.8, 4) is 17.3 Å². The Bertz CT molecular complexity index is 613. The molecule has 16 heavy (non-hydrogen) atoms. The van der Waals surface area contributed by atoms with Crippen LogP contribution in [0.3, 0.4) is 0 Å². The normalized spacial score (nSPS) is 10.8. The minimum Gasteiger partial charge on any atom is -0.497 e. The molecule has 0 aliphatic heterocycles. The van der Waals surface area contributed by atoms with E-state index in [4.69, 9.17) is 9.15 Å². The molecule has 0 atom stereocenters. The van der Waals surface area contributed by atoms with Gasteiger partial charge in [-0.15, -0.1) is 0 Å². The van der Waals surface area contributed by atoms with Crippen molar-refractivity contribution >= 4 is 10.9 Å². The van der Waals surface area contributed by atoms with Crippen LogP contribution in [-0.4, -0.2) is 22.3 Å². The van der Waals surface area contributed by atoms with E-state index in [0.29, 0.717) is 11.6 Å². The Morgan fingerprint density at radius 3 is 3.06 bits per heavy atom. The maximum absolute atomic E-state index is 5.23. The number of benzene rings is 1.